The lowest BCUT2D eigenvalue weighted by molar-refractivity contribution is -0.337. The number of esters is 7. The summed E-state index contributed by atoms with van der Waals surface area (Å²) in [6.07, 6.45) is 24.2. The lowest BCUT2D eigenvalue weighted by Crippen LogP contribution is -2.57. The largest absolute Gasteiger partial charge is 0.507 e. The summed E-state index contributed by atoms with van der Waals surface area (Å²) in [5.74, 6) is -1.43. The van der Waals surface area contributed by atoms with Crippen molar-refractivity contribution in [3.05, 3.63) is 202 Å². The average Bonchev–Trinajstić information content (AvgIpc) is 0.780. The highest BCUT2D eigenvalue weighted by Gasteiger charge is 2.49. The van der Waals surface area contributed by atoms with Gasteiger partial charge in [-0.2, -0.15) is 0 Å². The molecule has 2 heterocycles. The Morgan fingerprint density at radius 3 is 0.593 bits per heavy atom. The SMILES string of the molecule is CCCCCCCCCCCCCCCCCCOC(=O)CCc1cc(C)c(O)c(C)c1.Cc1cc(CCC(=O)OCC(C)(C)C2OCC3(CO2)COC(C(C)(C)COC(=O)CCc2cc(C)c(O)c(C)c2)OC3)cc(C)c1O.Cc1cc(CCC(=O)OCC(COC(=O)CCc2cc(C)c(O)c(C)c2)(COC(=O)CCc2cc(C)c(O)c(C)c2)COC(=O)CCc2cc(C)c(O)c(C)c2)cc(C)c1O. The smallest absolute Gasteiger partial charge is 0.306 e. The first-order chi connectivity index (χ1) is 66.3. The van der Waals surface area contributed by atoms with Crippen molar-refractivity contribution in [1.82, 2.24) is 0 Å². The van der Waals surface area contributed by atoms with Crippen molar-refractivity contribution in [2.24, 2.45) is 21.7 Å². The van der Waals surface area contributed by atoms with E-state index in [1.165, 1.54) is 89.9 Å². The summed E-state index contributed by atoms with van der Waals surface area (Å²) < 4.78 is 64.3. The topological polar surface area (TPSA) is 363 Å². The Bertz CT molecular complexity index is 4600. The number of phenolic OH excluding ortho intramolecular Hbond substituents is 7. The van der Waals surface area contributed by atoms with Crippen LogP contribution in [0.15, 0.2) is 84.9 Å². The molecule has 0 radical (unpaired) electrons. The molecule has 2 fully saturated rings. The van der Waals surface area contributed by atoms with E-state index in [1.54, 1.807) is 104 Å². The summed E-state index contributed by atoms with van der Waals surface area (Å²) in [6.45, 7) is 36.0. The van der Waals surface area contributed by atoms with E-state index in [4.69, 9.17) is 52.1 Å². The van der Waals surface area contributed by atoms with E-state index in [0.717, 1.165) is 85.2 Å². The average molecular weight is 1940 g/mol. The minimum atomic E-state index is -1.49. The molecule has 9 rings (SSSR count). The number of phenols is 7. The number of benzene rings is 7. The van der Waals surface area contributed by atoms with Crippen LogP contribution in [0.5, 0.6) is 40.2 Å². The first-order valence-electron chi connectivity index (χ1n) is 50.4. The highest BCUT2D eigenvalue weighted by Crippen LogP contribution is 2.41. The van der Waals surface area contributed by atoms with Crippen molar-refractivity contribution in [3.63, 3.8) is 0 Å². The summed E-state index contributed by atoms with van der Waals surface area (Å²) in [4.78, 5) is 90.1. The zero-order valence-corrected chi connectivity index (χ0v) is 87.2. The van der Waals surface area contributed by atoms with Crippen LogP contribution in [0.3, 0.4) is 0 Å². The van der Waals surface area contributed by atoms with E-state index < -0.39 is 84.5 Å². The van der Waals surface area contributed by atoms with E-state index >= 15 is 0 Å². The van der Waals surface area contributed by atoms with Gasteiger partial charge in [-0.25, -0.2) is 0 Å². The Labute approximate surface area is 831 Å². The van der Waals surface area contributed by atoms with Gasteiger partial charge in [0.15, 0.2) is 12.6 Å². The molecule has 0 atom stereocenters. The van der Waals surface area contributed by atoms with Gasteiger partial charge in [-0.1, -0.05) is 216 Å². The number of aromatic hydroxyl groups is 7. The molecular weight excluding hydrogens is 1780 g/mol. The summed E-state index contributed by atoms with van der Waals surface area (Å²) in [5, 5.41) is 70.6. The van der Waals surface area contributed by atoms with Gasteiger partial charge in [-0.3, -0.25) is 33.6 Å². The minimum absolute atomic E-state index is 0.0263. The number of carbonyl (C=O) groups is 7. The Morgan fingerprint density at radius 1 is 0.257 bits per heavy atom. The highest BCUT2D eigenvalue weighted by atomic mass is 16.7. The van der Waals surface area contributed by atoms with E-state index in [2.05, 4.69) is 6.92 Å². The molecule has 0 bridgehead atoms. The second-order valence-corrected chi connectivity index (χ2v) is 40.9. The molecule has 0 unspecified atom stereocenters. The van der Waals surface area contributed by atoms with Crippen molar-refractivity contribution >= 4 is 41.8 Å². The molecule has 7 aromatic rings. The van der Waals surface area contributed by atoms with Crippen LogP contribution in [0.1, 0.15) is 299 Å². The maximum atomic E-state index is 13.3. The van der Waals surface area contributed by atoms with Crippen molar-refractivity contribution in [2.45, 2.75) is 337 Å². The zero-order valence-electron chi connectivity index (χ0n) is 87.2. The van der Waals surface area contributed by atoms with Crippen LogP contribution < -0.4 is 0 Å². The third-order valence-electron chi connectivity index (χ3n) is 26.2. The molecule has 0 amide bonds. The molecule has 772 valence electrons. The van der Waals surface area contributed by atoms with Gasteiger partial charge >= 0.3 is 41.8 Å². The number of rotatable bonds is 52. The van der Waals surface area contributed by atoms with Crippen molar-refractivity contribution in [2.75, 3.05) is 72.7 Å². The molecule has 1 spiro atoms. The lowest BCUT2D eigenvalue weighted by Gasteiger charge is -2.48. The lowest BCUT2D eigenvalue weighted by atomic mass is 9.86. The summed E-state index contributed by atoms with van der Waals surface area (Å²) in [5.41, 5.74) is 13.5. The predicted octanol–water partition coefficient (Wildman–Crippen LogP) is 22.5. The van der Waals surface area contributed by atoms with Crippen LogP contribution in [0.4, 0.5) is 0 Å². The van der Waals surface area contributed by atoms with Gasteiger partial charge in [0.05, 0.1) is 38.4 Å². The first-order valence-corrected chi connectivity index (χ1v) is 50.4. The Kier molecular flexibility index (Phi) is 47.6. The maximum absolute atomic E-state index is 13.3. The Hall–Kier alpha value is -10.7. The molecule has 140 heavy (non-hydrogen) atoms. The van der Waals surface area contributed by atoms with Gasteiger partial charge in [0, 0.05) is 55.8 Å². The fourth-order valence-electron chi connectivity index (χ4n) is 17.5. The molecule has 25 heteroatoms. The van der Waals surface area contributed by atoms with Crippen LogP contribution >= 0.6 is 0 Å². The molecule has 2 aliphatic heterocycles. The number of aryl methyl sites for hydroxylation is 21. The predicted molar refractivity (Wildman–Crippen MR) is 541 cm³/mol. The second kappa shape index (κ2) is 57.4. The van der Waals surface area contributed by atoms with Crippen LogP contribution in [0.25, 0.3) is 0 Å². The van der Waals surface area contributed by atoms with Gasteiger partial charge in [0.1, 0.15) is 85.3 Å². The number of unbranched alkanes of at least 4 members (excludes halogenated alkanes) is 15. The van der Waals surface area contributed by atoms with Gasteiger partial charge in [0.25, 0.3) is 0 Å². The Morgan fingerprint density at radius 2 is 0.414 bits per heavy atom. The molecule has 2 saturated heterocycles. The number of hydrogen-bond donors (Lipinski definition) is 7. The second-order valence-electron chi connectivity index (χ2n) is 40.9. The van der Waals surface area contributed by atoms with Crippen molar-refractivity contribution in [3.8, 4) is 40.2 Å². The third-order valence-corrected chi connectivity index (χ3v) is 26.2. The molecule has 0 saturated carbocycles. The van der Waals surface area contributed by atoms with Gasteiger partial charge in [-0.15, -0.1) is 0 Å². The van der Waals surface area contributed by atoms with E-state index in [1.807, 2.05) is 106 Å². The van der Waals surface area contributed by atoms with Crippen molar-refractivity contribution < 1.29 is 121 Å². The van der Waals surface area contributed by atoms with Crippen molar-refractivity contribution in [1.29, 1.82) is 0 Å². The summed E-state index contributed by atoms with van der Waals surface area (Å²) in [6, 6.07) is 25.8. The van der Waals surface area contributed by atoms with Crippen LogP contribution in [-0.4, -0.2) is 163 Å². The maximum Gasteiger partial charge on any atom is 0.306 e. The molecule has 2 aliphatic rings. The van der Waals surface area contributed by atoms with Gasteiger partial charge < -0.3 is 87.9 Å². The third kappa shape index (κ3) is 39.3. The molecular formula is C115H162O25. The highest BCUT2D eigenvalue weighted by molar-refractivity contribution is 5.73. The molecule has 7 N–H and O–H groups in total. The normalized spacial score (nSPS) is 14.8. The summed E-state index contributed by atoms with van der Waals surface area (Å²) >= 11 is 0. The van der Waals surface area contributed by atoms with Crippen LogP contribution in [0, 0.1) is 119 Å². The Balaban J connectivity index is 0.000000300. The van der Waals surface area contributed by atoms with Crippen LogP contribution in [-0.2, 0) is 131 Å². The number of ether oxygens (including phenoxy) is 11. The zero-order chi connectivity index (χ0) is 103. The standard InChI is InChI=1S/C49H60O12.C37H52O10.C29H50O3/c1-29-17-37(18-30(2)45(29)54)9-13-41(50)58-25-49(26-59-42(51)14-10-38-19-31(3)46(55)32(4)20-38,27-60-43(52)15-11-39-21-33(5)47(56)34(6)22-39)28-61-44(53)16-12-40-23-35(7)48(57)36(8)24-40;1-23-13-27(14-24(2)31(23)40)9-11-29(38)42-17-35(5,6)33-44-19-37(20-45-33)21-46-34(47-22-37)36(7,8)18-43-30(39)12-10-28-15-25(3)32(41)26(4)16-28;1-4-5-6-7-8-9-10-11-12-13-14-15-16-17-18-19-22-32-28(30)21-20-27-23-25(2)29(31)26(3)24-27/h17-24,54-57H,9-16,25-28H2,1-8H3;13-16,33-34,40-41H,9-12,17-22H2,1-8H3;23-24,31H,4-22H2,1-3H3. The fourth-order valence-corrected chi connectivity index (χ4v) is 17.5. The fraction of sp³-hybridized carbons (Fsp3) is 0.574. The number of hydrogen-bond acceptors (Lipinski definition) is 25. The van der Waals surface area contributed by atoms with E-state index in [0.29, 0.717) is 135 Å². The van der Waals surface area contributed by atoms with E-state index in [-0.39, 0.29) is 104 Å². The van der Waals surface area contributed by atoms with Crippen LogP contribution in [0.2, 0.25) is 0 Å². The molecule has 0 aliphatic carbocycles. The molecule has 25 nitrogen and oxygen atoms in total. The number of carbonyl (C=O) groups excluding carboxylic acids is 7. The van der Waals surface area contributed by atoms with Gasteiger partial charge in [0.2, 0.25) is 0 Å². The van der Waals surface area contributed by atoms with Gasteiger partial charge in [-0.05, 0) is 265 Å². The monoisotopic (exact) mass is 1940 g/mol. The molecule has 0 aromatic heterocycles. The van der Waals surface area contributed by atoms with E-state index in [9.17, 15) is 69.3 Å². The summed E-state index contributed by atoms with van der Waals surface area (Å²) in [7, 11) is 0. The quantitative estimate of drug-likeness (QED) is 0.0106. The molecule has 7 aromatic carbocycles. The first kappa shape index (κ1) is 116. The minimum Gasteiger partial charge on any atom is -0.507 e.